The molecule has 5 aromatic rings. The van der Waals surface area contributed by atoms with Gasteiger partial charge in [-0.25, -0.2) is 0 Å². The van der Waals surface area contributed by atoms with E-state index in [1.54, 1.807) is 0 Å². The number of rotatable bonds is 10. The average molecular weight is 517 g/mol. The van der Waals surface area contributed by atoms with Gasteiger partial charge in [-0.3, -0.25) is 4.90 Å². The van der Waals surface area contributed by atoms with Crippen LogP contribution in [0.25, 0.3) is 10.9 Å². The number of likely N-dealkylation sites (tertiary alicyclic amines) is 1. The highest BCUT2D eigenvalue weighted by Gasteiger charge is 2.23. The molecule has 0 aliphatic carbocycles. The van der Waals surface area contributed by atoms with Gasteiger partial charge in [-0.1, -0.05) is 78.9 Å². The SMILES string of the molecule is c1ccc(COc2ccc(Cn3cc(C4CCN(CCOc5ccccc5)CC4)c4ccccc43)cc2)cc1. The second-order valence-corrected chi connectivity index (χ2v) is 10.4. The van der Waals surface area contributed by atoms with Crippen LogP contribution in [0.4, 0.5) is 0 Å². The molecule has 0 radical (unpaired) electrons. The van der Waals surface area contributed by atoms with Gasteiger partial charge in [0, 0.05) is 30.2 Å². The van der Waals surface area contributed by atoms with Gasteiger partial charge in [-0.2, -0.15) is 0 Å². The summed E-state index contributed by atoms with van der Waals surface area (Å²) in [6, 6.07) is 37.8. The lowest BCUT2D eigenvalue weighted by Crippen LogP contribution is -2.35. The van der Waals surface area contributed by atoms with Gasteiger partial charge >= 0.3 is 0 Å². The summed E-state index contributed by atoms with van der Waals surface area (Å²) in [5, 5.41) is 1.39. The Morgan fingerprint density at radius 3 is 2.08 bits per heavy atom. The molecule has 4 aromatic carbocycles. The molecule has 6 rings (SSSR count). The number of fused-ring (bicyclic) bond motifs is 1. The van der Waals surface area contributed by atoms with Crippen LogP contribution in [-0.4, -0.2) is 35.7 Å². The minimum atomic E-state index is 0.588. The van der Waals surface area contributed by atoms with Crippen LogP contribution in [0.1, 0.15) is 35.4 Å². The summed E-state index contributed by atoms with van der Waals surface area (Å²) >= 11 is 0. The molecule has 1 fully saturated rings. The molecule has 4 nitrogen and oxygen atoms in total. The first-order valence-electron chi connectivity index (χ1n) is 14.1. The zero-order valence-corrected chi connectivity index (χ0v) is 22.4. The molecule has 1 aliphatic rings. The maximum absolute atomic E-state index is 5.99. The van der Waals surface area contributed by atoms with Crippen LogP contribution in [-0.2, 0) is 13.2 Å². The minimum Gasteiger partial charge on any atom is -0.492 e. The molecule has 2 heterocycles. The highest BCUT2D eigenvalue weighted by atomic mass is 16.5. The number of hydrogen-bond donors (Lipinski definition) is 0. The molecule has 1 saturated heterocycles. The average Bonchev–Trinajstić information content (AvgIpc) is 3.36. The third kappa shape index (κ3) is 6.35. The predicted octanol–water partition coefficient (Wildman–Crippen LogP) is 7.53. The Kier molecular flexibility index (Phi) is 7.92. The van der Waals surface area contributed by atoms with Crippen LogP contribution in [0.15, 0.2) is 115 Å². The van der Waals surface area contributed by atoms with Crippen molar-refractivity contribution in [1.29, 1.82) is 0 Å². The maximum atomic E-state index is 5.99. The predicted molar refractivity (Wildman–Crippen MR) is 159 cm³/mol. The Hall–Kier alpha value is -4.02. The molecule has 0 atom stereocenters. The first-order valence-corrected chi connectivity index (χ1v) is 14.1. The van der Waals surface area contributed by atoms with Crippen molar-refractivity contribution < 1.29 is 9.47 Å². The molecule has 0 amide bonds. The highest BCUT2D eigenvalue weighted by molar-refractivity contribution is 5.84. The molecule has 0 unspecified atom stereocenters. The lowest BCUT2D eigenvalue weighted by atomic mass is 9.89. The van der Waals surface area contributed by atoms with Gasteiger partial charge in [-0.05, 0) is 78.9 Å². The summed E-state index contributed by atoms with van der Waals surface area (Å²) < 4.78 is 14.3. The molecule has 0 bridgehead atoms. The van der Waals surface area contributed by atoms with Crippen molar-refractivity contribution in [2.45, 2.75) is 31.9 Å². The van der Waals surface area contributed by atoms with Gasteiger partial charge in [0.15, 0.2) is 0 Å². The second-order valence-electron chi connectivity index (χ2n) is 10.4. The van der Waals surface area contributed by atoms with Crippen LogP contribution in [0, 0.1) is 0 Å². The van der Waals surface area contributed by atoms with Gasteiger partial charge in [-0.15, -0.1) is 0 Å². The number of para-hydroxylation sites is 2. The summed E-state index contributed by atoms with van der Waals surface area (Å²) in [5.74, 6) is 2.45. The van der Waals surface area contributed by atoms with Crippen molar-refractivity contribution in [3.63, 3.8) is 0 Å². The smallest absolute Gasteiger partial charge is 0.119 e. The Labute approximate surface area is 231 Å². The largest absolute Gasteiger partial charge is 0.492 e. The molecule has 4 heteroatoms. The molecule has 0 spiro atoms. The van der Waals surface area contributed by atoms with Crippen LogP contribution in [0.2, 0.25) is 0 Å². The van der Waals surface area contributed by atoms with Gasteiger partial charge < -0.3 is 14.0 Å². The van der Waals surface area contributed by atoms with Gasteiger partial charge in [0.2, 0.25) is 0 Å². The van der Waals surface area contributed by atoms with E-state index in [9.17, 15) is 0 Å². The first kappa shape index (κ1) is 25.3. The van der Waals surface area contributed by atoms with E-state index in [1.165, 1.54) is 40.4 Å². The standard InChI is InChI=1S/C35H36N2O2/c1-3-9-29(10-4-1)27-39-32-17-15-28(16-18-32)25-37-26-34(33-13-7-8-14-35(33)37)30-19-21-36(22-20-30)23-24-38-31-11-5-2-6-12-31/h1-18,26,30H,19-25,27H2. The number of hydrogen-bond acceptors (Lipinski definition) is 3. The van der Waals surface area contributed by atoms with Crippen LogP contribution >= 0.6 is 0 Å². The zero-order valence-electron chi connectivity index (χ0n) is 22.4. The quantitative estimate of drug-likeness (QED) is 0.192. The normalized spacial score (nSPS) is 14.5. The third-order valence-electron chi connectivity index (χ3n) is 7.79. The lowest BCUT2D eigenvalue weighted by Gasteiger charge is -2.31. The van der Waals surface area contributed by atoms with Crippen molar-refractivity contribution >= 4 is 10.9 Å². The fourth-order valence-electron chi connectivity index (χ4n) is 5.64. The van der Waals surface area contributed by atoms with E-state index in [-0.39, 0.29) is 0 Å². The number of piperidine rings is 1. The van der Waals surface area contributed by atoms with Crippen molar-refractivity contribution in [2.75, 3.05) is 26.2 Å². The molecular weight excluding hydrogens is 480 g/mol. The Balaban J connectivity index is 1.07. The Morgan fingerprint density at radius 1 is 0.641 bits per heavy atom. The van der Waals surface area contributed by atoms with E-state index >= 15 is 0 Å². The number of benzene rings is 4. The molecule has 0 N–H and O–H groups in total. The van der Waals surface area contributed by atoms with Crippen LogP contribution in [0.5, 0.6) is 11.5 Å². The molecule has 1 aliphatic heterocycles. The molecular formula is C35H36N2O2. The number of ether oxygens (including phenoxy) is 2. The van der Waals surface area contributed by atoms with Crippen molar-refractivity contribution in [1.82, 2.24) is 9.47 Å². The molecule has 39 heavy (non-hydrogen) atoms. The first-order chi connectivity index (χ1) is 19.3. The number of nitrogens with zero attached hydrogens (tertiary/aromatic N) is 2. The van der Waals surface area contributed by atoms with Crippen LogP contribution < -0.4 is 9.47 Å². The number of aromatic nitrogens is 1. The van der Waals surface area contributed by atoms with Crippen molar-refractivity contribution in [3.05, 3.63) is 132 Å². The van der Waals surface area contributed by atoms with E-state index in [0.717, 1.165) is 44.3 Å². The lowest BCUT2D eigenvalue weighted by molar-refractivity contribution is 0.173. The third-order valence-corrected chi connectivity index (χ3v) is 7.79. The minimum absolute atomic E-state index is 0.588. The highest BCUT2D eigenvalue weighted by Crippen LogP contribution is 2.35. The van der Waals surface area contributed by atoms with E-state index in [2.05, 4.69) is 76.3 Å². The second kappa shape index (κ2) is 12.2. The summed E-state index contributed by atoms with van der Waals surface area (Å²) in [5.41, 5.74) is 5.27. The van der Waals surface area contributed by atoms with E-state index in [4.69, 9.17) is 9.47 Å². The molecule has 0 saturated carbocycles. The summed E-state index contributed by atoms with van der Waals surface area (Å²) in [6.45, 7) is 5.40. The van der Waals surface area contributed by atoms with Crippen LogP contribution in [0.3, 0.4) is 0 Å². The summed E-state index contributed by atoms with van der Waals surface area (Å²) in [4.78, 5) is 2.54. The topological polar surface area (TPSA) is 26.6 Å². The summed E-state index contributed by atoms with van der Waals surface area (Å²) in [6.07, 6.45) is 4.78. The molecule has 1 aromatic heterocycles. The van der Waals surface area contributed by atoms with E-state index in [0.29, 0.717) is 12.5 Å². The monoisotopic (exact) mass is 516 g/mol. The van der Waals surface area contributed by atoms with Gasteiger partial charge in [0.05, 0.1) is 0 Å². The fourth-order valence-corrected chi connectivity index (χ4v) is 5.64. The van der Waals surface area contributed by atoms with Gasteiger partial charge in [0.25, 0.3) is 0 Å². The molecule has 198 valence electrons. The van der Waals surface area contributed by atoms with E-state index < -0.39 is 0 Å². The Bertz CT molecular complexity index is 1450. The van der Waals surface area contributed by atoms with Gasteiger partial charge in [0.1, 0.15) is 24.7 Å². The maximum Gasteiger partial charge on any atom is 0.119 e. The Morgan fingerprint density at radius 2 is 1.31 bits per heavy atom. The summed E-state index contributed by atoms with van der Waals surface area (Å²) in [7, 11) is 0. The zero-order chi connectivity index (χ0) is 26.3. The fraction of sp³-hybridized carbons (Fsp3) is 0.257. The van der Waals surface area contributed by atoms with Crippen molar-refractivity contribution in [2.24, 2.45) is 0 Å². The van der Waals surface area contributed by atoms with E-state index in [1.807, 2.05) is 48.5 Å². The van der Waals surface area contributed by atoms with Crippen molar-refractivity contribution in [3.8, 4) is 11.5 Å².